The lowest BCUT2D eigenvalue weighted by atomic mass is 10.1. The van der Waals surface area contributed by atoms with Crippen molar-refractivity contribution in [1.82, 2.24) is 0 Å². The Morgan fingerprint density at radius 2 is 1.95 bits per heavy atom. The molecule has 1 aromatic carbocycles. The van der Waals surface area contributed by atoms with Gasteiger partial charge in [-0.3, -0.25) is 20.5 Å². The number of nitro groups is 1. The van der Waals surface area contributed by atoms with E-state index in [9.17, 15) is 25.4 Å². The van der Waals surface area contributed by atoms with Crippen LogP contribution in [0, 0.1) is 10.1 Å². The Hall–Kier alpha value is -2.02. The van der Waals surface area contributed by atoms with Gasteiger partial charge in [0.25, 0.3) is 0 Å². The number of aliphatic hydroxyl groups is 3. The minimum Gasteiger partial charge on any atom is -0.455 e. The standard InChI is InChI=1S/C11H14N2O9/c14-7-4-21-11(10(16)9(7)15)22-8-3-5(12(17)18)1-2-6(8)13(19)20/h1-3,7,9-11,14-18H,4H2/t7-,9+,10-,11+/m1/s1. The lowest BCUT2D eigenvalue weighted by Gasteiger charge is -2.34. The minimum atomic E-state index is -1.65. The molecule has 22 heavy (non-hydrogen) atoms. The summed E-state index contributed by atoms with van der Waals surface area (Å²) in [5.74, 6) is -0.414. The van der Waals surface area contributed by atoms with E-state index in [4.69, 9.17) is 19.9 Å². The molecule has 11 heteroatoms. The molecule has 0 radical (unpaired) electrons. The van der Waals surface area contributed by atoms with E-state index in [1.54, 1.807) is 0 Å². The topological polar surface area (TPSA) is 166 Å². The molecule has 1 saturated heterocycles. The molecule has 0 amide bonds. The fourth-order valence-corrected chi connectivity index (χ4v) is 1.88. The summed E-state index contributed by atoms with van der Waals surface area (Å²) in [6, 6.07) is 2.96. The van der Waals surface area contributed by atoms with Crippen LogP contribution in [0.1, 0.15) is 0 Å². The first-order valence-electron chi connectivity index (χ1n) is 6.10. The molecule has 0 saturated carbocycles. The summed E-state index contributed by atoms with van der Waals surface area (Å²) >= 11 is 0. The van der Waals surface area contributed by atoms with Crippen molar-refractivity contribution < 1.29 is 40.1 Å². The zero-order valence-electron chi connectivity index (χ0n) is 11.0. The second-order valence-electron chi connectivity index (χ2n) is 4.57. The quantitative estimate of drug-likeness (QED) is 0.343. The van der Waals surface area contributed by atoms with Gasteiger partial charge in [0.15, 0.2) is 0 Å². The summed E-state index contributed by atoms with van der Waals surface area (Å²) in [5.41, 5.74) is -0.742. The van der Waals surface area contributed by atoms with Crippen LogP contribution < -0.4 is 9.96 Å². The van der Waals surface area contributed by atoms with Crippen LogP contribution in [-0.4, -0.2) is 61.9 Å². The average Bonchev–Trinajstić information content (AvgIpc) is 2.47. The molecule has 0 aromatic heterocycles. The number of hydrogen-bond acceptors (Lipinski definition) is 10. The highest BCUT2D eigenvalue weighted by Crippen LogP contribution is 2.33. The van der Waals surface area contributed by atoms with Gasteiger partial charge in [-0.2, -0.15) is 0 Å². The second kappa shape index (κ2) is 6.39. The van der Waals surface area contributed by atoms with Crippen molar-refractivity contribution in [3.8, 4) is 5.75 Å². The van der Waals surface area contributed by atoms with Crippen molar-refractivity contribution >= 4 is 11.4 Å². The molecule has 5 N–H and O–H groups in total. The molecule has 0 unspecified atom stereocenters. The van der Waals surface area contributed by atoms with E-state index in [2.05, 4.69) is 0 Å². The Balaban J connectivity index is 2.27. The van der Waals surface area contributed by atoms with Crippen molar-refractivity contribution in [2.45, 2.75) is 24.6 Å². The maximum Gasteiger partial charge on any atom is 0.311 e. The predicted octanol–water partition coefficient (Wildman–Crippen LogP) is -1.00. The molecular weight excluding hydrogens is 304 g/mol. The Bertz CT molecular complexity index is 552. The SMILES string of the molecule is O=[N+]([O-])c1ccc(N(O)O)cc1O[C@@H]1OC[C@@H](O)[C@H](O)[C@H]1O. The summed E-state index contributed by atoms with van der Waals surface area (Å²) in [6.45, 7) is -0.345. The van der Waals surface area contributed by atoms with E-state index < -0.39 is 41.0 Å². The maximum absolute atomic E-state index is 10.9. The zero-order valence-corrected chi connectivity index (χ0v) is 11.0. The molecule has 1 fully saturated rings. The lowest BCUT2D eigenvalue weighted by molar-refractivity contribution is -0.386. The van der Waals surface area contributed by atoms with Crippen molar-refractivity contribution in [3.63, 3.8) is 0 Å². The van der Waals surface area contributed by atoms with Crippen LogP contribution in [0.3, 0.4) is 0 Å². The summed E-state index contributed by atoms with van der Waals surface area (Å²) < 4.78 is 10.1. The van der Waals surface area contributed by atoms with Gasteiger partial charge in [0.2, 0.25) is 12.0 Å². The first-order chi connectivity index (χ1) is 10.3. The smallest absolute Gasteiger partial charge is 0.311 e. The molecule has 122 valence electrons. The monoisotopic (exact) mass is 318 g/mol. The van der Waals surface area contributed by atoms with E-state index in [1.165, 1.54) is 0 Å². The van der Waals surface area contributed by atoms with E-state index in [0.717, 1.165) is 18.2 Å². The summed E-state index contributed by atoms with van der Waals surface area (Å²) in [6.07, 6.45) is -5.99. The van der Waals surface area contributed by atoms with Crippen LogP contribution in [-0.2, 0) is 4.74 Å². The Morgan fingerprint density at radius 1 is 1.27 bits per heavy atom. The van der Waals surface area contributed by atoms with Crippen molar-refractivity contribution in [2.24, 2.45) is 0 Å². The number of ether oxygens (including phenoxy) is 2. The molecular formula is C11H14N2O9. The molecule has 2 rings (SSSR count). The van der Waals surface area contributed by atoms with E-state index in [-0.39, 0.29) is 17.5 Å². The van der Waals surface area contributed by atoms with Crippen LogP contribution in [0.25, 0.3) is 0 Å². The molecule has 1 aliphatic heterocycles. The van der Waals surface area contributed by atoms with Crippen molar-refractivity contribution in [2.75, 3.05) is 11.8 Å². The van der Waals surface area contributed by atoms with Crippen LogP contribution in [0.5, 0.6) is 5.75 Å². The third-order valence-corrected chi connectivity index (χ3v) is 3.07. The summed E-state index contributed by atoms with van der Waals surface area (Å²) in [7, 11) is 0. The Morgan fingerprint density at radius 3 is 2.55 bits per heavy atom. The number of benzene rings is 1. The highest BCUT2D eigenvalue weighted by molar-refractivity contribution is 5.57. The Labute approximate surface area is 123 Å². The van der Waals surface area contributed by atoms with Gasteiger partial charge < -0.3 is 24.8 Å². The van der Waals surface area contributed by atoms with Gasteiger partial charge in [-0.05, 0) is 6.07 Å². The molecule has 1 aromatic rings. The van der Waals surface area contributed by atoms with Crippen LogP contribution in [0.2, 0.25) is 0 Å². The fraction of sp³-hybridized carbons (Fsp3) is 0.455. The molecule has 1 heterocycles. The van der Waals surface area contributed by atoms with Crippen LogP contribution >= 0.6 is 0 Å². The van der Waals surface area contributed by atoms with E-state index in [0.29, 0.717) is 0 Å². The van der Waals surface area contributed by atoms with E-state index >= 15 is 0 Å². The van der Waals surface area contributed by atoms with Crippen molar-refractivity contribution in [1.29, 1.82) is 0 Å². The zero-order chi connectivity index (χ0) is 16.4. The molecule has 0 spiro atoms. The third kappa shape index (κ3) is 3.24. The molecule has 0 aliphatic carbocycles. The third-order valence-electron chi connectivity index (χ3n) is 3.07. The van der Waals surface area contributed by atoms with Crippen LogP contribution in [0.15, 0.2) is 18.2 Å². The van der Waals surface area contributed by atoms with Crippen molar-refractivity contribution in [3.05, 3.63) is 28.3 Å². The van der Waals surface area contributed by atoms with Gasteiger partial charge in [0, 0.05) is 12.1 Å². The fourth-order valence-electron chi connectivity index (χ4n) is 1.88. The Kier molecular flexibility index (Phi) is 4.75. The van der Waals surface area contributed by atoms with Crippen LogP contribution in [0.4, 0.5) is 11.4 Å². The minimum absolute atomic E-state index is 0.230. The molecule has 0 bridgehead atoms. The first kappa shape index (κ1) is 16.4. The highest BCUT2D eigenvalue weighted by atomic mass is 16.8. The van der Waals surface area contributed by atoms with E-state index in [1.807, 2.05) is 0 Å². The first-order valence-corrected chi connectivity index (χ1v) is 6.10. The number of rotatable bonds is 4. The van der Waals surface area contributed by atoms with Gasteiger partial charge >= 0.3 is 5.69 Å². The maximum atomic E-state index is 10.9. The highest BCUT2D eigenvalue weighted by Gasteiger charge is 2.39. The number of nitro benzene ring substituents is 1. The summed E-state index contributed by atoms with van der Waals surface area (Å²) in [4.78, 5) is 10.2. The second-order valence-corrected chi connectivity index (χ2v) is 4.57. The lowest BCUT2D eigenvalue weighted by Crippen LogP contribution is -2.54. The number of anilines is 1. The molecule has 4 atom stereocenters. The van der Waals surface area contributed by atoms with Gasteiger partial charge in [-0.1, -0.05) is 0 Å². The number of nitrogens with zero attached hydrogens (tertiary/aromatic N) is 2. The normalized spacial score (nSPS) is 28.2. The number of aliphatic hydroxyl groups excluding tert-OH is 3. The van der Waals surface area contributed by atoms with Gasteiger partial charge in [-0.15, -0.1) is 5.23 Å². The van der Waals surface area contributed by atoms with Gasteiger partial charge in [0.05, 0.1) is 17.2 Å². The number of hydrogen-bond donors (Lipinski definition) is 5. The molecule has 11 nitrogen and oxygen atoms in total. The molecule has 1 aliphatic rings. The van der Waals surface area contributed by atoms with Gasteiger partial charge in [-0.25, -0.2) is 0 Å². The summed E-state index contributed by atoms with van der Waals surface area (Å²) in [5, 5.41) is 57.1. The predicted molar refractivity (Wildman–Crippen MR) is 67.5 cm³/mol. The largest absolute Gasteiger partial charge is 0.455 e. The average molecular weight is 318 g/mol. The van der Waals surface area contributed by atoms with Gasteiger partial charge in [0.1, 0.15) is 18.3 Å².